The summed E-state index contributed by atoms with van der Waals surface area (Å²) < 4.78 is 42.8. The SMILES string of the molecule is Cc1ccc(-n2ncc3c(=O)[nH]c(-n4nc(C)cc4NC(=O)c4ccccc4C(F)(F)F)nc32)cc1. The molecule has 0 fully saturated rings. The summed E-state index contributed by atoms with van der Waals surface area (Å²) in [5, 5.41) is 11.2. The fourth-order valence-corrected chi connectivity index (χ4v) is 3.74. The Balaban J connectivity index is 1.58. The molecule has 12 heteroatoms. The lowest BCUT2D eigenvalue weighted by Crippen LogP contribution is -2.21. The van der Waals surface area contributed by atoms with Gasteiger partial charge in [-0.3, -0.25) is 14.6 Å². The van der Waals surface area contributed by atoms with Crippen molar-refractivity contribution in [2.24, 2.45) is 0 Å². The van der Waals surface area contributed by atoms with Gasteiger partial charge in [0.2, 0.25) is 5.95 Å². The van der Waals surface area contributed by atoms with Crippen LogP contribution in [0, 0.1) is 13.8 Å². The van der Waals surface area contributed by atoms with Crippen molar-refractivity contribution in [3.8, 4) is 11.6 Å². The minimum atomic E-state index is -4.71. The Hall–Kier alpha value is -4.74. The van der Waals surface area contributed by atoms with Gasteiger partial charge >= 0.3 is 6.18 Å². The molecule has 0 aliphatic carbocycles. The first-order valence-corrected chi connectivity index (χ1v) is 10.7. The first-order chi connectivity index (χ1) is 17.1. The summed E-state index contributed by atoms with van der Waals surface area (Å²) in [4.78, 5) is 32.7. The number of aromatic amines is 1. The fourth-order valence-electron chi connectivity index (χ4n) is 3.74. The highest BCUT2D eigenvalue weighted by atomic mass is 19.4. The number of carbonyl (C=O) groups is 1. The summed E-state index contributed by atoms with van der Waals surface area (Å²) >= 11 is 0. The van der Waals surface area contributed by atoms with Crippen molar-refractivity contribution in [1.82, 2.24) is 29.5 Å². The number of nitrogens with one attached hydrogen (secondary N) is 2. The molecule has 3 aromatic heterocycles. The van der Waals surface area contributed by atoms with Gasteiger partial charge in [-0.15, -0.1) is 0 Å². The Labute approximate surface area is 201 Å². The van der Waals surface area contributed by atoms with E-state index in [1.54, 1.807) is 6.92 Å². The van der Waals surface area contributed by atoms with E-state index in [0.717, 1.165) is 22.4 Å². The van der Waals surface area contributed by atoms with Crippen LogP contribution in [0.3, 0.4) is 0 Å². The van der Waals surface area contributed by atoms with Gasteiger partial charge in [0.15, 0.2) is 5.65 Å². The maximum Gasteiger partial charge on any atom is 0.417 e. The first-order valence-electron chi connectivity index (χ1n) is 10.7. The van der Waals surface area contributed by atoms with Gasteiger partial charge < -0.3 is 5.32 Å². The van der Waals surface area contributed by atoms with E-state index >= 15 is 0 Å². The average molecular weight is 493 g/mol. The van der Waals surface area contributed by atoms with Crippen LogP contribution in [-0.2, 0) is 6.18 Å². The number of H-pyrrole nitrogens is 1. The van der Waals surface area contributed by atoms with Gasteiger partial charge in [0, 0.05) is 6.07 Å². The van der Waals surface area contributed by atoms with Crippen LogP contribution in [0.15, 0.2) is 65.6 Å². The number of hydrogen-bond donors (Lipinski definition) is 2. The predicted octanol–water partition coefficient (Wildman–Crippen LogP) is 4.18. The van der Waals surface area contributed by atoms with Crippen LogP contribution < -0.4 is 10.9 Å². The van der Waals surface area contributed by atoms with E-state index in [4.69, 9.17) is 0 Å². The van der Waals surface area contributed by atoms with Crippen molar-refractivity contribution in [2.45, 2.75) is 20.0 Å². The number of anilines is 1. The second-order valence-corrected chi connectivity index (χ2v) is 8.10. The molecule has 0 bridgehead atoms. The zero-order valence-electron chi connectivity index (χ0n) is 19.0. The number of hydrogen-bond acceptors (Lipinski definition) is 5. The quantitative estimate of drug-likeness (QED) is 0.390. The maximum absolute atomic E-state index is 13.4. The van der Waals surface area contributed by atoms with Gasteiger partial charge in [-0.05, 0) is 38.1 Å². The number of aryl methyl sites for hydroxylation is 2. The number of amides is 1. The Morgan fingerprint density at radius 3 is 2.47 bits per heavy atom. The van der Waals surface area contributed by atoms with E-state index in [-0.39, 0.29) is 22.8 Å². The highest BCUT2D eigenvalue weighted by Crippen LogP contribution is 2.32. The number of alkyl halides is 3. The monoisotopic (exact) mass is 493 g/mol. The molecule has 0 aliphatic heterocycles. The van der Waals surface area contributed by atoms with Crippen LogP contribution in [0.4, 0.5) is 19.0 Å². The van der Waals surface area contributed by atoms with Crippen LogP contribution in [-0.4, -0.2) is 35.4 Å². The molecule has 0 unspecified atom stereocenters. The minimum Gasteiger partial charge on any atom is -0.306 e. The predicted molar refractivity (Wildman–Crippen MR) is 125 cm³/mol. The molecule has 0 aliphatic rings. The Kier molecular flexibility index (Phi) is 5.43. The molecular weight excluding hydrogens is 475 g/mol. The third-order valence-electron chi connectivity index (χ3n) is 5.45. The zero-order valence-corrected chi connectivity index (χ0v) is 19.0. The van der Waals surface area contributed by atoms with E-state index in [2.05, 4.69) is 25.5 Å². The third kappa shape index (κ3) is 4.13. The molecule has 0 saturated heterocycles. The van der Waals surface area contributed by atoms with Crippen LogP contribution in [0.2, 0.25) is 0 Å². The number of halogens is 3. The minimum absolute atomic E-state index is 0.0263. The lowest BCUT2D eigenvalue weighted by Gasteiger charge is -2.13. The molecule has 36 heavy (non-hydrogen) atoms. The van der Waals surface area contributed by atoms with Crippen molar-refractivity contribution in [3.63, 3.8) is 0 Å². The number of fused-ring (bicyclic) bond motifs is 1. The summed E-state index contributed by atoms with van der Waals surface area (Å²) in [7, 11) is 0. The van der Waals surface area contributed by atoms with Crippen LogP contribution in [0.5, 0.6) is 0 Å². The van der Waals surface area contributed by atoms with Gasteiger partial charge in [0.05, 0.1) is 28.7 Å². The summed E-state index contributed by atoms with van der Waals surface area (Å²) in [6.07, 6.45) is -3.33. The van der Waals surface area contributed by atoms with Crippen LogP contribution in [0.25, 0.3) is 22.7 Å². The standard InChI is InChI=1S/C24H18F3N7O2/c1-13-7-9-15(10-8-13)33-20-17(12-28-33)22(36)31-23(30-20)34-19(11-14(2)32-34)29-21(35)16-5-3-4-6-18(16)24(25,26)27/h3-12H,1-2H3,(H,29,35)(H,30,31,36). The fraction of sp³-hybridized carbons (Fsp3) is 0.125. The van der Waals surface area contributed by atoms with E-state index in [1.165, 1.54) is 29.1 Å². The van der Waals surface area contributed by atoms with Crippen molar-refractivity contribution < 1.29 is 18.0 Å². The third-order valence-corrected chi connectivity index (χ3v) is 5.45. The summed E-state index contributed by atoms with van der Waals surface area (Å²) in [5.41, 5.74) is 0.274. The second kappa shape index (κ2) is 8.48. The van der Waals surface area contributed by atoms with Gasteiger partial charge in [-0.2, -0.15) is 33.0 Å². The van der Waals surface area contributed by atoms with Gasteiger partial charge in [0.25, 0.3) is 11.5 Å². The smallest absolute Gasteiger partial charge is 0.306 e. The topological polar surface area (TPSA) is 110 Å². The molecule has 5 aromatic rings. The van der Waals surface area contributed by atoms with Gasteiger partial charge in [-0.1, -0.05) is 29.8 Å². The zero-order chi connectivity index (χ0) is 25.6. The molecule has 5 rings (SSSR count). The van der Waals surface area contributed by atoms with E-state index in [9.17, 15) is 22.8 Å². The Bertz CT molecular complexity index is 1660. The van der Waals surface area contributed by atoms with Crippen LogP contribution >= 0.6 is 0 Å². The normalized spacial score (nSPS) is 11.7. The molecule has 0 radical (unpaired) electrons. The first kappa shape index (κ1) is 23.0. The molecule has 2 aromatic carbocycles. The molecule has 2 N–H and O–H groups in total. The molecule has 3 heterocycles. The number of rotatable bonds is 4. The summed E-state index contributed by atoms with van der Waals surface area (Å²) in [6.45, 7) is 3.57. The highest BCUT2D eigenvalue weighted by Gasteiger charge is 2.35. The number of carbonyl (C=O) groups excluding carboxylic acids is 1. The van der Waals surface area contributed by atoms with Crippen molar-refractivity contribution in [2.75, 3.05) is 5.32 Å². The number of aromatic nitrogens is 6. The molecule has 182 valence electrons. The highest BCUT2D eigenvalue weighted by molar-refractivity contribution is 6.05. The van der Waals surface area contributed by atoms with E-state index < -0.39 is 28.8 Å². The Morgan fingerprint density at radius 1 is 1.03 bits per heavy atom. The lowest BCUT2D eigenvalue weighted by atomic mass is 10.1. The van der Waals surface area contributed by atoms with E-state index in [0.29, 0.717) is 11.4 Å². The summed E-state index contributed by atoms with van der Waals surface area (Å²) in [5.74, 6) is -1.01. The lowest BCUT2D eigenvalue weighted by molar-refractivity contribution is -0.137. The number of nitrogens with zero attached hydrogens (tertiary/aromatic N) is 5. The molecular formula is C24H18F3N7O2. The summed E-state index contributed by atoms with van der Waals surface area (Å²) in [6, 6.07) is 13.3. The van der Waals surface area contributed by atoms with Gasteiger partial charge in [0.1, 0.15) is 11.2 Å². The number of benzene rings is 2. The molecule has 0 saturated carbocycles. The largest absolute Gasteiger partial charge is 0.417 e. The van der Waals surface area contributed by atoms with E-state index in [1.807, 2.05) is 31.2 Å². The van der Waals surface area contributed by atoms with Crippen LogP contribution in [0.1, 0.15) is 27.2 Å². The van der Waals surface area contributed by atoms with Crippen molar-refractivity contribution >= 4 is 22.8 Å². The van der Waals surface area contributed by atoms with Crippen molar-refractivity contribution in [3.05, 3.63) is 93.5 Å². The molecule has 9 nitrogen and oxygen atoms in total. The molecule has 1 amide bonds. The molecule has 0 spiro atoms. The second-order valence-electron chi connectivity index (χ2n) is 8.10. The van der Waals surface area contributed by atoms with Gasteiger partial charge in [-0.25, -0.2) is 4.68 Å². The average Bonchev–Trinajstić information content (AvgIpc) is 3.42. The molecule has 0 atom stereocenters. The maximum atomic E-state index is 13.4. The van der Waals surface area contributed by atoms with Crippen molar-refractivity contribution in [1.29, 1.82) is 0 Å². The Morgan fingerprint density at radius 2 is 1.75 bits per heavy atom.